The van der Waals surface area contributed by atoms with Crippen molar-refractivity contribution < 1.29 is 9.59 Å². The highest BCUT2D eigenvalue weighted by atomic mass is 16.2. The maximum absolute atomic E-state index is 12.1. The molecule has 0 radical (unpaired) electrons. The molecule has 0 aliphatic heterocycles. The lowest BCUT2D eigenvalue weighted by molar-refractivity contribution is -0.121. The second-order valence-corrected chi connectivity index (χ2v) is 6.59. The highest BCUT2D eigenvalue weighted by molar-refractivity contribution is 5.96. The Kier molecular flexibility index (Phi) is 5.58. The van der Waals surface area contributed by atoms with Gasteiger partial charge in [-0.2, -0.15) is 0 Å². The zero-order valence-corrected chi connectivity index (χ0v) is 16.2. The van der Waals surface area contributed by atoms with Crippen molar-refractivity contribution in [1.82, 2.24) is 14.1 Å². The highest BCUT2D eigenvalue weighted by Gasteiger charge is 2.12. The number of anilines is 2. The molecule has 0 atom stereocenters. The van der Waals surface area contributed by atoms with Gasteiger partial charge in [-0.3, -0.25) is 18.7 Å². The van der Waals surface area contributed by atoms with Crippen molar-refractivity contribution in [3.8, 4) is 0 Å². The third kappa shape index (κ3) is 4.11. The van der Waals surface area contributed by atoms with Crippen LogP contribution < -0.4 is 16.3 Å². The van der Waals surface area contributed by atoms with Gasteiger partial charge in [-0.05, 0) is 36.2 Å². The maximum atomic E-state index is 12.1. The van der Waals surface area contributed by atoms with E-state index in [4.69, 9.17) is 0 Å². The third-order valence-electron chi connectivity index (χ3n) is 4.60. The van der Waals surface area contributed by atoms with Crippen LogP contribution in [0.1, 0.15) is 25.3 Å². The number of carbonyl (C=O) groups excluding carboxylic acids is 2. The second-order valence-electron chi connectivity index (χ2n) is 6.59. The summed E-state index contributed by atoms with van der Waals surface area (Å²) < 4.78 is 2.91. The number of benzene rings is 1. The number of carbonyl (C=O) groups is 2. The summed E-state index contributed by atoms with van der Waals surface area (Å²) in [6, 6.07) is 11.0. The molecular formula is C20H23N5O3. The molecule has 0 aliphatic carbocycles. The topological polar surface area (TPSA) is 98.0 Å². The number of aryl methyl sites for hydroxylation is 3. The van der Waals surface area contributed by atoms with Crippen molar-refractivity contribution in [1.29, 1.82) is 0 Å². The summed E-state index contributed by atoms with van der Waals surface area (Å²) in [5, 5.41) is 5.45. The molecule has 2 amide bonds. The molecule has 0 fully saturated rings. The Bertz CT molecular complexity index is 1080. The third-order valence-corrected chi connectivity index (χ3v) is 4.60. The van der Waals surface area contributed by atoms with E-state index < -0.39 is 0 Å². The lowest BCUT2D eigenvalue weighted by Crippen LogP contribution is -2.19. The Labute approximate surface area is 162 Å². The Hall–Kier alpha value is -3.42. The van der Waals surface area contributed by atoms with Gasteiger partial charge in [0.1, 0.15) is 5.82 Å². The van der Waals surface area contributed by atoms with E-state index >= 15 is 0 Å². The minimum absolute atomic E-state index is 0.0340. The van der Waals surface area contributed by atoms with Crippen LogP contribution in [0.15, 0.2) is 41.2 Å². The van der Waals surface area contributed by atoms with Gasteiger partial charge in [0.15, 0.2) is 5.65 Å². The van der Waals surface area contributed by atoms with Gasteiger partial charge in [0, 0.05) is 32.6 Å². The first-order valence-electron chi connectivity index (χ1n) is 9.10. The Morgan fingerprint density at radius 3 is 2.21 bits per heavy atom. The minimum atomic E-state index is -0.315. The van der Waals surface area contributed by atoms with Crippen LogP contribution in [0, 0.1) is 0 Å². The van der Waals surface area contributed by atoms with E-state index in [9.17, 15) is 14.4 Å². The number of fused-ring (bicyclic) bond motifs is 1. The molecular weight excluding hydrogens is 358 g/mol. The van der Waals surface area contributed by atoms with Gasteiger partial charge in [0.2, 0.25) is 11.8 Å². The fraction of sp³-hybridized carbons (Fsp3) is 0.300. The van der Waals surface area contributed by atoms with Gasteiger partial charge in [0.25, 0.3) is 0 Å². The van der Waals surface area contributed by atoms with Crippen molar-refractivity contribution in [2.45, 2.75) is 26.2 Å². The monoisotopic (exact) mass is 381 g/mol. The zero-order valence-electron chi connectivity index (χ0n) is 16.2. The smallest absolute Gasteiger partial charge is 0.326 e. The SMILES string of the molecule is CCc1ccc(NC(=O)CCC(=O)Nc2ccc3c(n2)n(C)c(=O)n3C)cc1. The van der Waals surface area contributed by atoms with Crippen LogP contribution in [0.25, 0.3) is 11.2 Å². The van der Waals surface area contributed by atoms with E-state index in [1.54, 1.807) is 26.2 Å². The Morgan fingerprint density at radius 1 is 0.929 bits per heavy atom. The molecule has 2 heterocycles. The molecule has 1 aromatic carbocycles. The number of pyridine rings is 1. The van der Waals surface area contributed by atoms with E-state index in [0.717, 1.165) is 6.42 Å². The zero-order chi connectivity index (χ0) is 20.3. The first-order valence-corrected chi connectivity index (χ1v) is 9.10. The Morgan fingerprint density at radius 2 is 1.57 bits per heavy atom. The van der Waals surface area contributed by atoms with Gasteiger partial charge in [-0.1, -0.05) is 19.1 Å². The van der Waals surface area contributed by atoms with Crippen molar-refractivity contribution in [2.24, 2.45) is 14.1 Å². The molecule has 8 heteroatoms. The number of imidazole rings is 1. The van der Waals surface area contributed by atoms with E-state index in [1.165, 1.54) is 14.7 Å². The van der Waals surface area contributed by atoms with Crippen molar-refractivity contribution >= 4 is 34.5 Å². The average Bonchev–Trinajstić information content (AvgIpc) is 2.91. The van der Waals surface area contributed by atoms with Crippen LogP contribution in [-0.4, -0.2) is 25.9 Å². The highest BCUT2D eigenvalue weighted by Crippen LogP contribution is 2.14. The summed E-state index contributed by atoms with van der Waals surface area (Å²) in [5.41, 5.74) is 2.88. The van der Waals surface area contributed by atoms with Crippen molar-refractivity contribution in [3.63, 3.8) is 0 Å². The van der Waals surface area contributed by atoms with Crippen molar-refractivity contribution in [2.75, 3.05) is 10.6 Å². The molecule has 3 rings (SSSR count). The summed E-state index contributed by atoms with van der Waals surface area (Å²) in [5.74, 6) is -0.202. The Balaban J connectivity index is 1.56. The predicted molar refractivity (Wildman–Crippen MR) is 108 cm³/mol. The predicted octanol–water partition coefficient (Wildman–Crippen LogP) is 2.19. The van der Waals surface area contributed by atoms with Crippen molar-refractivity contribution in [3.05, 3.63) is 52.4 Å². The number of aromatic nitrogens is 3. The van der Waals surface area contributed by atoms with Crippen LogP contribution in [0.2, 0.25) is 0 Å². The van der Waals surface area contributed by atoms with Gasteiger partial charge in [-0.15, -0.1) is 0 Å². The molecule has 2 aromatic heterocycles. The standard InChI is InChI=1S/C20H23N5O3/c1-4-13-5-7-14(8-6-13)21-17(26)11-12-18(27)22-16-10-9-15-19(23-16)25(3)20(28)24(15)2/h5-10H,4,11-12H2,1-3H3,(H,21,26)(H,22,23,27). The van der Waals surface area contributed by atoms with Crippen LogP contribution in [-0.2, 0) is 30.1 Å². The van der Waals surface area contributed by atoms with Gasteiger partial charge < -0.3 is 10.6 Å². The summed E-state index contributed by atoms with van der Waals surface area (Å²) in [6.07, 6.45) is 1.03. The number of nitrogens with one attached hydrogen (secondary N) is 2. The van der Waals surface area contributed by atoms with Gasteiger partial charge >= 0.3 is 5.69 Å². The fourth-order valence-corrected chi connectivity index (χ4v) is 2.92. The molecule has 146 valence electrons. The molecule has 0 spiro atoms. The normalized spacial score (nSPS) is 10.8. The van der Waals surface area contributed by atoms with Crippen LogP contribution in [0.3, 0.4) is 0 Å². The van der Waals surface area contributed by atoms with Crippen LogP contribution >= 0.6 is 0 Å². The van der Waals surface area contributed by atoms with E-state index in [2.05, 4.69) is 22.5 Å². The van der Waals surface area contributed by atoms with E-state index in [-0.39, 0.29) is 30.3 Å². The summed E-state index contributed by atoms with van der Waals surface area (Å²) in [6.45, 7) is 2.07. The average molecular weight is 381 g/mol. The molecule has 0 saturated heterocycles. The molecule has 0 saturated carbocycles. The largest absolute Gasteiger partial charge is 0.329 e. The van der Waals surface area contributed by atoms with E-state index in [0.29, 0.717) is 22.7 Å². The molecule has 28 heavy (non-hydrogen) atoms. The van der Waals surface area contributed by atoms with Crippen LogP contribution in [0.5, 0.6) is 0 Å². The van der Waals surface area contributed by atoms with E-state index in [1.807, 2.05) is 24.3 Å². The molecule has 3 aromatic rings. The second kappa shape index (κ2) is 8.08. The summed E-state index contributed by atoms with van der Waals surface area (Å²) in [7, 11) is 3.29. The molecule has 0 unspecified atom stereocenters. The molecule has 8 nitrogen and oxygen atoms in total. The maximum Gasteiger partial charge on any atom is 0.329 e. The summed E-state index contributed by atoms with van der Waals surface area (Å²) in [4.78, 5) is 40.4. The number of hydrogen-bond donors (Lipinski definition) is 2. The molecule has 0 aliphatic rings. The molecule has 2 N–H and O–H groups in total. The lowest BCUT2D eigenvalue weighted by atomic mass is 10.1. The van der Waals surface area contributed by atoms with Gasteiger partial charge in [-0.25, -0.2) is 9.78 Å². The van der Waals surface area contributed by atoms with Gasteiger partial charge in [0.05, 0.1) is 5.52 Å². The number of rotatable bonds is 6. The quantitative estimate of drug-likeness (QED) is 0.684. The molecule has 0 bridgehead atoms. The lowest BCUT2D eigenvalue weighted by Gasteiger charge is -2.07. The number of amides is 2. The summed E-state index contributed by atoms with van der Waals surface area (Å²) >= 11 is 0. The fourth-order valence-electron chi connectivity index (χ4n) is 2.92. The van der Waals surface area contributed by atoms with Crippen LogP contribution in [0.4, 0.5) is 11.5 Å². The number of nitrogens with zero attached hydrogens (tertiary/aromatic N) is 3. The number of hydrogen-bond acceptors (Lipinski definition) is 4. The first kappa shape index (κ1) is 19.3. The minimum Gasteiger partial charge on any atom is -0.326 e. The first-order chi connectivity index (χ1) is 13.4.